The average molecular weight is 591 g/mol. The summed E-state index contributed by atoms with van der Waals surface area (Å²) < 4.78 is 19.1. The van der Waals surface area contributed by atoms with Crippen molar-refractivity contribution in [3.63, 3.8) is 0 Å². The van der Waals surface area contributed by atoms with Gasteiger partial charge in [-0.25, -0.2) is 19.1 Å². The van der Waals surface area contributed by atoms with E-state index in [0.717, 1.165) is 29.4 Å². The molecule has 4 aromatic rings. The van der Waals surface area contributed by atoms with Gasteiger partial charge in [0.25, 0.3) is 0 Å². The van der Waals surface area contributed by atoms with Crippen LogP contribution in [0.5, 0.6) is 0 Å². The molecule has 0 aliphatic rings. The number of ether oxygens (including phenoxy) is 3. The van der Waals surface area contributed by atoms with Crippen LogP contribution in [0.4, 0.5) is 9.59 Å². The zero-order chi connectivity index (χ0) is 31.0. The molecule has 0 saturated carbocycles. The molecule has 4 rings (SSSR count). The fourth-order valence-corrected chi connectivity index (χ4v) is 4.73. The van der Waals surface area contributed by atoms with E-state index in [1.54, 1.807) is 27.0 Å². The molecule has 1 amide bonds. The van der Waals surface area contributed by atoms with Crippen molar-refractivity contribution in [1.29, 1.82) is 0 Å². The minimum Gasteiger partial charge on any atom is -0.467 e. The first-order chi connectivity index (χ1) is 20.6. The Morgan fingerprint density at radius 3 is 2.44 bits per heavy atom. The van der Waals surface area contributed by atoms with Crippen molar-refractivity contribution in [2.45, 2.75) is 77.7 Å². The molecular weight excluding hydrogens is 552 g/mol. The minimum absolute atomic E-state index is 0.0591. The average Bonchev–Trinajstić information content (AvgIpc) is 3.61. The maximum absolute atomic E-state index is 13.1. The molecule has 0 saturated heterocycles. The van der Waals surface area contributed by atoms with E-state index in [1.807, 2.05) is 61.5 Å². The van der Waals surface area contributed by atoms with Crippen LogP contribution in [-0.2, 0) is 32.0 Å². The lowest BCUT2D eigenvalue weighted by atomic mass is 10.0. The zero-order valence-corrected chi connectivity index (χ0v) is 25.1. The summed E-state index contributed by atoms with van der Waals surface area (Å²) >= 11 is 0. The Balaban J connectivity index is 1.71. The molecule has 0 radical (unpaired) electrons. The van der Waals surface area contributed by atoms with Crippen LogP contribution in [0, 0.1) is 0 Å². The standard InChI is InChI=1S/C31H38N6O6/c1-6-7-16-26(28(38)41-5)37-27(33-34-35-37)24(32-29(39)42-20-21-13-9-8-10-14-21)18-22-19-36(30(40)43-31(2,3)4)25-17-12-11-15-23(22)25/h8-15,17,19,24,26H,6-7,16,18,20H2,1-5H3,(H,32,39). The van der Waals surface area contributed by atoms with E-state index in [0.29, 0.717) is 11.9 Å². The summed E-state index contributed by atoms with van der Waals surface area (Å²) in [5, 5.41) is 15.9. The predicted molar refractivity (Wildman–Crippen MR) is 158 cm³/mol. The number of fused-ring (bicyclic) bond motifs is 1. The first-order valence-electron chi connectivity index (χ1n) is 14.3. The molecule has 2 unspecified atom stereocenters. The number of methoxy groups -OCH3 is 1. The SMILES string of the molecule is CCCCC(C(=O)OC)n1nnnc1C(Cc1cn(C(=O)OC(C)(C)C)c2ccccc12)NC(=O)OCc1ccccc1. The topological polar surface area (TPSA) is 139 Å². The summed E-state index contributed by atoms with van der Waals surface area (Å²) in [5.41, 5.74) is 1.50. The van der Waals surface area contributed by atoms with Crippen LogP contribution >= 0.6 is 0 Å². The van der Waals surface area contributed by atoms with Crippen LogP contribution in [0.3, 0.4) is 0 Å². The quantitative estimate of drug-likeness (QED) is 0.176. The number of benzene rings is 2. The van der Waals surface area contributed by atoms with Crippen molar-refractivity contribution < 1.29 is 28.6 Å². The summed E-state index contributed by atoms with van der Waals surface area (Å²) in [6.45, 7) is 7.48. The summed E-state index contributed by atoms with van der Waals surface area (Å²) in [6, 6.07) is 15.1. The molecule has 0 aliphatic heterocycles. The van der Waals surface area contributed by atoms with Gasteiger partial charge in [0.2, 0.25) is 0 Å². The Hall–Kier alpha value is -4.74. The Labute approximate surface area is 250 Å². The molecule has 0 fully saturated rings. The second-order valence-corrected chi connectivity index (χ2v) is 11.1. The van der Waals surface area contributed by atoms with Gasteiger partial charge in [-0.1, -0.05) is 68.3 Å². The van der Waals surface area contributed by atoms with Gasteiger partial charge in [-0.3, -0.25) is 4.57 Å². The molecule has 0 spiro atoms. The normalized spacial score (nSPS) is 12.9. The number of carbonyl (C=O) groups is 3. The minimum atomic E-state index is -0.829. The molecule has 228 valence electrons. The summed E-state index contributed by atoms with van der Waals surface area (Å²) in [6.07, 6.45) is 2.68. The highest BCUT2D eigenvalue weighted by Crippen LogP contribution is 2.29. The lowest BCUT2D eigenvalue weighted by Crippen LogP contribution is -2.34. The lowest BCUT2D eigenvalue weighted by molar-refractivity contribution is -0.145. The van der Waals surface area contributed by atoms with Crippen LogP contribution in [0.2, 0.25) is 0 Å². The number of rotatable bonds is 11. The van der Waals surface area contributed by atoms with Gasteiger partial charge in [-0.15, -0.1) is 5.10 Å². The second kappa shape index (κ2) is 14.0. The van der Waals surface area contributed by atoms with Gasteiger partial charge in [0, 0.05) is 18.0 Å². The smallest absolute Gasteiger partial charge is 0.419 e. The maximum atomic E-state index is 13.1. The van der Waals surface area contributed by atoms with Crippen molar-refractivity contribution >= 4 is 29.1 Å². The summed E-state index contributed by atoms with van der Waals surface area (Å²) in [4.78, 5) is 39.0. The first-order valence-corrected chi connectivity index (χ1v) is 14.3. The Morgan fingerprint density at radius 2 is 1.74 bits per heavy atom. The molecule has 43 heavy (non-hydrogen) atoms. The van der Waals surface area contributed by atoms with Crippen molar-refractivity contribution in [2.75, 3.05) is 7.11 Å². The number of hydrogen-bond acceptors (Lipinski definition) is 9. The van der Waals surface area contributed by atoms with Crippen LogP contribution in [0.15, 0.2) is 60.8 Å². The highest BCUT2D eigenvalue weighted by molar-refractivity contribution is 5.92. The van der Waals surface area contributed by atoms with Crippen molar-refractivity contribution in [2.24, 2.45) is 0 Å². The Bertz CT molecular complexity index is 1540. The fraction of sp³-hybridized carbons (Fsp3) is 0.419. The van der Waals surface area contributed by atoms with E-state index in [4.69, 9.17) is 14.2 Å². The largest absolute Gasteiger partial charge is 0.467 e. The molecular formula is C31H38N6O6. The number of alkyl carbamates (subject to hydrolysis) is 1. The van der Waals surface area contributed by atoms with E-state index >= 15 is 0 Å². The number of carbonyl (C=O) groups excluding carboxylic acids is 3. The van der Waals surface area contributed by atoms with Gasteiger partial charge in [0.15, 0.2) is 11.9 Å². The van der Waals surface area contributed by atoms with E-state index in [2.05, 4.69) is 20.8 Å². The van der Waals surface area contributed by atoms with Crippen LogP contribution in [-0.4, -0.2) is 55.6 Å². The Kier molecular flexibility index (Phi) is 10.1. The van der Waals surface area contributed by atoms with Gasteiger partial charge >= 0.3 is 18.2 Å². The molecule has 12 nitrogen and oxygen atoms in total. The third-order valence-corrected chi connectivity index (χ3v) is 6.74. The predicted octanol–water partition coefficient (Wildman–Crippen LogP) is 5.53. The number of nitrogens with zero attached hydrogens (tertiary/aromatic N) is 5. The van der Waals surface area contributed by atoms with Gasteiger partial charge in [0.1, 0.15) is 12.2 Å². The van der Waals surface area contributed by atoms with Crippen LogP contribution in [0.25, 0.3) is 10.9 Å². The van der Waals surface area contributed by atoms with E-state index < -0.39 is 35.8 Å². The second-order valence-electron chi connectivity index (χ2n) is 11.1. The van der Waals surface area contributed by atoms with Gasteiger partial charge in [0.05, 0.1) is 18.7 Å². The monoisotopic (exact) mass is 590 g/mol. The number of nitrogens with one attached hydrogen (secondary N) is 1. The summed E-state index contributed by atoms with van der Waals surface area (Å²) in [5.74, 6) is -0.244. The van der Waals surface area contributed by atoms with Gasteiger partial charge < -0.3 is 19.5 Å². The molecule has 2 aromatic carbocycles. The summed E-state index contributed by atoms with van der Waals surface area (Å²) in [7, 11) is 1.31. The number of esters is 1. The number of para-hydroxylation sites is 1. The number of hydrogen-bond donors (Lipinski definition) is 1. The molecule has 12 heteroatoms. The van der Waals surface area contributed by atoms with Gasteiger partial charge in [-0.2, -0.15) is 0 Å². The number of amides is 1. The van der Waals surface area contributed by atoms with Crippen LogP contribution < -0.4 is 5.32 Å². The molecule has 0 bridgehead atoms. The first kappa shape index (κ1) is 31.2. The zero-order valence-electron chi connectivity index (χ0n) is 25.1. The number of tetrazole rings is 1. The third-order valence-electron chi connectivity index (χ3n) is 6.74. The van der Waals surface area contributed by atoms with E-state index in [9.17, 15) is 14.4 Å². The third kappa shape index (κ3) is 7.97. The highest BCUT2D eigenvalue weighted by Gasteiger charge is 2.31. The number of aromatic nitrogens is 5. The number of unbranched alkanes of at least 4 members (excludes halogenated alkanes) is 1. The van der Waals surface area contributed by atoms with Crippen molar-refractivity contribution in [3.05, 3.63) is 77.7 Å². The van der Waals surface area contributed by atoms with Gasteiger partial charge in [-0.05, 0) is 54.8 Å². The highest BCUT2D eigenvalue weighted by atomic mass is 16.6. The van der Waals surface area contributed by atoms with E-state index in [-0.39, 0.29) is 18.9 Å². The van der Waals surface area contributed by atoms with Crippen molar-refractivity contribution in [1.82, 2.24) is 30.1 Å². The molecule has 2 heterocycles. The Morgan fingerprint density at radius 1 is 1.02 bits per heavy atom. The molecule has 0 aliphatic carbocycles. The lowest BCUT2D eigenvalue weighted by Gasteiger charge is -2.21. The molecule has 2 aromatic heterocycles. The molecule has 2 atom stereocenters. The molecule has 1 N–H and O–H groups in total. The maximum Gasteiger partial charge on any atom is 0.419 e. The van der Waals surface area contributed by atoms with Crippen molar-refractivity contribution in [3.8, 4) is 0 Å². The van der Waals surface area contributed by atoms with Crippen LogP contribution in [0.1, 0.15) is 76.0 Å². The van der Waals surface area contributed by atoms with E-state index in [1.165, 1.54) is 16.4 Å². The fourth-order valence-electron chi connectivity index (χ4n) is 4.73.